The molecule has 0 aliphatic rings. The second-order valence-corrected chi connectivity index (χ2v) is 4.02. The highest BCUT2D eigenvalue weighted by Gasteiger charge is 2.21. The third kappa shape index (κ3) is 1.98. The smallest absolute Gasteiger partial charge is 0.271 e. The lowest BCUT2D eigenvalue weighted by Crippen LogP contribution is -2.12. The Kier molecular flexibility index (Phi) is 2.80. The first-order chi connectivity index (χ1) is 8.00. The van der Waals surface area contributed by atoms with Gasteiger partial charge in [0, 0.05) is 10.5 Å². The van der Waals surface area contributed by atoms with Crippen LogP contribution in [0.4, 0.5) is 4.39 Å². The minimum Gasteiger partial charge on any atom is -0.507 e. The van der Waals surface area contributed by atoms with E-state index >= 15 is 0 Å². The number of hydrogen-bond acceptors (Lipinski definition) is 4. The second-order valence-electron chi connectivity index (χ2n) is 3.17. The number of halogens is 2. The zero-order chi connectivity index (χ0) is 12.6. The number of rotatable bonds is 2. The van der Waals surface area contributed by atoms with Gasteiger partial charge in [0.2, 0.25) is 0 Å². The first kappa shape index (κ1) is 11.5. The first-order valence-corrected chi connectivity index (χ1v) is 5.19. The highest BCUT2D eigenvalue weighted by atomic mass is 79.9. The summed E-state index contributed by atoms with van der Waals surface area (Å²) in [5.74, 6) is -1.79. The molecular formula is C9H6BrFN4O2. The van der Waals surface area contributed by atoms with Crippen LogP contribution >= 0.6 is 15.9 Å². The van der Waals surface area contributed by atoms with Gasteiger partial charge in [-0.1, -0.05) is 0 Å². The normalized spacial score (nSPS) is 10.5. The molecule has 0 radical (unpaired) electrons. The van der Waals surface area contributed by atoms with E-state index in [2.05, 4.69) is 31.3 Å². The van der Waals surface area contributed by atoms with Crippen molar-refractivity contribution in [2.45, 2.75) is 0 Å². The van der Waals surface area contributed by atoms with Crippen LogP contribution in [0.5, 0.6) is 5.75 Å². The number of nitrogens with two attached hydrogens (primary N) is 1. The molecule has 0 bridgehead atoms. The van der Waals surface area contributed by atoms with Gasteiger partial charge in [-0.3, -0.25) is 4.79 Å². The largest absolute Gasteiger partial charge is 0.507 e. The number of primary amides is 1. The maximum Gasteiger partial charge on any atom is 0.271 e. The number of phenols is 1. The fourth-order valence-electron chi connectivity index (χ4n) is 1.37. The topological polar surface area (TPSA) is 105 Å². The molecule has 2 aromatic rings. The molecule has 1 amide bonds. The molecule has 17 heavy (non-hydrogen) atoms. The maximum absolute atomic E-state index is 13.0. The lowest BCUT2D eigenvalue weighted by Gasteiger charge is -2.05. The Morgan fingerprint density at radius 3 is 2.76 bits per heavy atom. The number of phenolic OH excluding ortho intramolecular Hbond substituents is 1. The van der Waals surface area contributed by atoms with Crippen molar-refractivity contribution in [3.8, 4) is 17.0 Å². The number of H-pyrrole nitrogens is 1. The molecule has 2 rings (SSSR count). The van der Waals surface area contributed by atoms with Crippen LogP contribution in [-0.2, 0) is 0 Å². The Hall–Kier alpha value is -1.96. The van der Waals surface area contributed by atoms with Crippen molar-refractivity contribution in [2.75, 3.05) is 0 Å². The second kappa shape index (κ2) is 4.13. The minimum atomic E-state index is -0.802. The molecule has 6 nitrogen and oxygen atoms in total. The Labute approximate surface area is 103 Å². The summed E-state index contributed by atoms with van der Waals surface area (Å²) >= 11 is 3.07. The fraction of sp³-hybridized carbons (Fsp3) is 0. The standard InChI is InChI=1S/C9H6BrFN4O2/c10-4-1-3(11)2-5(16)6(4)7-8(9(12)17)14-15-13-7/h1-2,16H,(H2,12,17)(H,13,14,15). The maximum atomic E-state index is 13.0. The predicted molar refractivity (Wildman–Crippen MR) is 59.7 cm³/mol. The summed E-state index contributed by atoms with van der Waals surface area (Å²) in [6.45, 7) is 0. The third-order valence-electron chi connectivity index (χ3n) is 2.05. The van der Waals surface area contributed by atoms with E-state index in [1.54, 1.807) is 0 Å². The van der Waals surface area contributed by atoms with Gasteiger partial charge in [-0.2, -0.15) is 15.4 Å². The molecule has 0 unspecified atom stereocenters. The van der Waals surface area contributed by atoms with Crippen molar-refractivity contribution in [3.05, 3.63) is 28.1 Å². The van der Waals surface area contributed by atoms with E-state index in [0.717, 1.165) is 12.1 Å². The number of hydrogen-bond donors (Lipinski definition) is 3. The molecule has 88 valence electrons. The van der Waals surface area contributed by atoms with Crippen LogP contribution < -0.4 is 5.73 Å². The van der Waals surface area contributed by atoms with Crippen LogP contribution in [0, 0.1) is 5.82 Å². The van der Waals surface area contributed by atoms with Gasteiger partial charge < -0.3 is 10.8 Å². The van der Waals surface area contributed by atoms with E-state index in [1.807, 2.05) is 0 Å². The number of nitrogens with one attached hydrogen (secondary N) is 1. The molecule has 0 spiro atoms. The van der Waals surface area contributed by atoms with E-state index in [-0.39, 0.29) is 27.2 Å². The lowest BCUT2D eigenvalue weighted by molar-refractivity contribution is 0.0996. The van der Waals surface area contributed by atoms with Gasteiger partial charge >= 0.3 is 0 Å². The number of nitrogens with zero attached hydrogens (tertiary/aromatic N) is 2. The summed E-state index contributed by atoms with van der Waals surface area (Å²) < 4.78 is 13.2. The van der Waals surface area contributed by atoms with E-state index in [0.29, 0.717) is 0 Å². The van der Waals surface area contributed by atoms with Gasteiger partial charge in [-0.05, 0) is 22.0 Å². The average Bonchev–Trinajstić information content (AvgIpc) is 2.64. The summed E-state index contributed by atoms with van der Waals surface area (Å²) in [5.41, 5.74) is 5.17. The molecule has 0 atom stereocenters. The van der Waals surface area contributed by atoms with Crippen LogP contribution in [-0.4, -0.2) is 26.4 Å². The summed E-state index contributed by atoms with van der Waals surface area (Å²) in [6.07, 6.45) is 0. The van der Waals surface area contributed by atoms with Crippen LogP contribution in [0.15, 0.2) is 16.6 Å². The number of aromatic amines is 1. The summed E-state index contributed by atoms with van der Waals surface area (Å²) in [4.78, 5) is 11.1. The summed E-state index contributed by atoms with van der Waals surface area (Å²) in [7, 11) is 0. The van der Waals surface area contributed by atoms with E-state index in [9.17, 15) is 14.3 Å². The predicted octanol–water partition coefficient (Wildman–Crippen LogP) is 1.18. The van der Waals surface area contributed by atoms with Gasteiger partial charge in [0.05, 0.1) is 5.56 Å². The molecule has 0 aliphatic carbocycles. The number of amides is 1. The number of aromatic hydroxyl groups is 1. The summed E-state index contributed by atoms with van der Waals surface area (Å²) in [6, 6.07) is 2.04. The van der Waals surface area contributed by atoms with Crippen molar-refractivity contribution in [1.82, 2.24) is 15.4 Å². The van der Waals surface area contributed by atoms with Crippen molar-refractivity contribution in [2.24, 2.45) is 5.73 Å². The Morgan fingerprint density at radius 1 is 1.47 bits per heavy atom. The molecule has 0 fully saturated rings. The zero-order valence-corrected chi connectivity index (χ0v) is 9.82. The van der Waals surface area contributed by atoms with Crippen LogP contribution in [0.3, 0.4) is 0 Å². The average molecular weight is 301 g/mol. The number of benzene rings is 1. The van der Waals surface area contributed by atoms with Crippen LogP contribution in [0.2, 0.25) is 0 Å². The molecule has 0 aliphatic heterocycles. The molecule has 0 saturated carbocycles. The lowest BCUT2D eigenvalue weighted by atomic mass is 10.1. The molecule has 4 N–H and O–H groups in total. The van der Waals surface area contributed by atoms with Crippen molar-refractivity contribution >= 4 is 21.8 Å². The molecule has 1 heterocycles. The quantitative estimate of drug-likeness (QED) is 0.774. The highest BCUT2D eigenvalue weighted by Crippen LogP contribution is 2.36. The van der Waals surface area contributed by atoms with Crippen LogP contribution in [0.25, 0.3) is 11.3 Å². The van der Waals surface area contributed by atoms with Crippen LogP contribution in [0.1, 0.15) is 10.5 Å². The number of carbonyl (C=O) groups excluding carboxylic acids is 1. The zero-order valence-electron chi connectivity index (χ0n) is 8.24. The fourth-order valence-corrected chi connectivity index (χ4v) is 1.98. The molecule has 1 aromatic carbocycles. The number of carbonyl (C=O) groups is 1. The van der Waals surface area contributed by atoms with Gasteiger partial charge in [-0.25, -0.2) is 4.39 Å². The van der Waals surface area contributed by atoms with Gasteiger partial charge in [0.1, 0.15) is 17.3 Å². The third-order valence-corrected chi connectivity index (χ3v) is 2.68. The highest BCUT2D eigenvalue weighted by molar-refractivity contribution is 9.10. The van der Waals surface area contributed by atoms with Gasteiger partial charge in [0.15, 0.2) is 5.69 Å². The van der Waals surface area contributed by atoms with E-state index < -0.39 is 11.7 Å². The molecule has 8 heteroatoms. The summed E-state index contributed by atoms with van der Waals surface area (Å²) in [5, 5.41) is 19.1. The van der Waals surface area contributed by atoms with Crippen molar-refractivity contribution in [3.63, 3.8) is 0 Å². The van der Waals surface area contributed by atoms with E-state index in [4.69, 9.17) is 5.73 Å². The molecule has 0 saturated heterocycles. The monoisotopic (exact) mass is 300 g/mol. The Balaban J connectivity index is 2.69. The SMILES string of the molecule is NC(=O)c1n[nH]nc1-c1c(O)cc(F)cc1Br. The Morgan fingerprint density at radius 2 is 2.18 bits per heavy atom. The van der Waals surface area contributed by atoms with Crippen molar-refractivity contribution < 1.29 is 14.3 Å². The molecular weight excluding hydrogens is 295 g/mol. The van der Waals surface area contributed by atoms with Crippen molar-refractivity contribution in [1.29, 1.82) is 0 Å². The molecule has 1 aromatic heterocycles. The number of aromatic nitrogens is 3. The minimum absolute atomic E-state index is 0.0573. The Bertz CT molecular complexity index is 575. The first-order valence-electron chi connectivity index (χ1n) is 4.39. The van der Waals surface area contributed by atoms with E-state index in [1.165, 1.54) is 0 Å². The van der Waals surface area contributed by atoms with Gasteiger partial charge in [-0.15, -0.1) is 0 Å². The van der Waals surface area contributed by atoms with Gasteiger partial charge in [0.25, 0.3) is 5.91 Å².